The van der Waals surface area contributed by atoms with Gasteiger partial charge in [0.2, 0.25) is 11.8 Å². The van der Waals surface area contributed by atoms with Crippen LogP contribution in [0.5, 0.6) is 5.75 Å². The standard InChI is InChI=1S/C31H23Cl2NO7/c1-17-5-4-7-22-27(17)29(37)34(28(22)36)25-8-3-2-6-21(25)31(39)40-16-26(35)18-9-12-20(13-10-18)41-30(38)19-11-14-23(32)24(33)15-19/h2-6,8-15,17,22,27H,7,16H2,1H3. The second kappa shape index (κ2) is 11.7. The van der Waals surface area contributed by atoms with E-state index < -0.39 is 36.2 Å². The second-order valence-electron chi connectivity index (χ2n) is 9.73. The Kier molecular flexibility index (Phi) is 8.06. The largest absolute Gasteiger partial charge is 0.454 e. The van der Waals surface area contributed by atoms with Crippen LogP contribution in [0.25, 0.3) is 0 Å². The summed E-state index contributed by atoms with van der Waals surface area (Å²) in [6, 6.07) is 16.2. The zero-order valence-corrected chi connectivity index (χ0v) is 23.2. The summed E-state index contributed by atoms with van der Waals surface area (Å²) in [5.41, 5.74) is 0.561. The molecule has 3 aromatic rings. The van der Waals surface area contributed by atoms with Gasteiger partial charge in [0.25, 0.3) is 0 Å². The molecular formula is C31H23Cl2NO7. The number of benzene rings is 3. The van der Waals surface area contributed by atoms with Gasteiger partial charge in [-0.05, 0) is 66.9 Å². The number of imide groups is 1. The average Bonchev–Trinajstić information content (AvgIpc) is 3.23. The van der Waals surface area contributed by atoms with Crippen LogP contribution in [0, 0.1) is 17.8 Å². The summed E-state index contributed by atoms with van der Waals surface area (Å²) in [5.74, 6) is -3.58. The monoisotopic (exact) mass is 591 g/mol. The number of allylic oxidation sites excluding steroid dienone is 2. The van der Waals surface area contributed by atoms with Crippen molar-refractivity contribution < 1.29 is 33.4 Å². The lowest BCUT2D eigenvalue weighted by atomic mass is 9.78. The van der Waals surface area contributed by atoms with Gasteiger partial charge in [-0.2, -0.15) is 0 Å². The highest BCUT2D eigenvalue weighted by Crippen LogP contribution is 2.41. The van der Waals surface area contributed by atoms with Gasteiger partial charge in [0.05, 0.1) is 38.7 Å². The van der Waals surface area contributed by atoms with Crippen molar-refractivity contribution in [3.05, 3.63) is 106 Å². The average molecular weight is 592 g/mol. The molecule has 1 saturated heterocycles. The Morgan fingerprint density at radius 3 is 2.29 bits per heavy atom. The van der Waals surface area contributed by atoms with Crippen molar-refractivity contribution in [3.8, 4) is 5.75 Å². The zero-order chi connectivity index (χ0) is 29.3. The molecule has 1 aliphatic carbocycles. The number of halogens is 2. The van der Waals surface area contributed by atoms with E-state index in [4.69, 9.17) is 32.7 Å². The smallest absolute Gasteiger partial charge is 0.343 e. The van der Waals surface area contributed by atoms with Gasteiger partial charge in [0.1, 0.15) is 5.75 Å². The first-order chi connectivity index (χ1) is 19.7. The van der Waals surface area contributed by atoms with Gasteiger partial charge in [0, 0.05) is 5.56 Å². The summed E-state index contributed by atoms with van der Waals surface area (Å²) in [5, 5.41) is 0.515. The van der Waals surface area contributed by atoms with Crippen molar-refractivity contribution in [1.29, 1.82) is 0 Å². The minimum absolute atomic E-state index is 0.00539. The number of anilines is 1. The molecule has 1 aliphatic heterocycles. The van der Waals surface area contributed by atoms with Crippen molar-refractivity contribution in [2.24, 2.45) is 17.8 Å². The zero-order valence-electron chi connectivity index (χ0n) is 21.7. The van der Waals surface area contributed by atoms with E-state index in [0.717, 1.165) is 4.90 Å². The number of esters is 2. The maximum Gasteiger partial charge on any atom is 0.343 e. The second-order valence-corrected chi connectivity index (χ2v) is 10.5. The minimum Gasteiger partial charge on any atom is -0.454 e. The van der Waals surface area contributed by atoms with Crippen LogP contribution < -0.4 is 9.64 Å². The summed E-state index contributed by atoms with van der Waals surface area (Å²) in [6.45, 7) is 1.31. The van der Waals surface area contributed by atoms with Gasteiger partial charge in [-0.3, -0.25) is 14.4 Å². The van der Waals surface area contributed by atoms with E-state index in [9.17, 15) is 24.0 Å². The normalized spacial score (nSPS) is 19.6. The van der Waals surface area contributed by atoms with Gasteiger partial charge in [0.15, 0.2) is 12.4 Å². The first kappa shape index (κ1) is 28.3. The Labute approximate surface area is 245 Å². The third-order valence-corrected chi connectivity index (χ3v) is 7.85. The van der Waals surface area contributed by atoms with Crippen molar-refractivity contribution in [2.45, 2.75) is 13.3 Å². The predicted molar refractivity (Wildman–Crippen MR) is 151 cm³/mol. The lowest BCUT2D eigenvalue weighted by molar-refractivity contribution is -0.122. The number of amides is 2. The molecule has 2 amide bonds. The molecule has 1 fully saturated rings. The first-order valence-electron chi connectivity index (χ1n) is 12.8. The highest BCUT2D eigenvalue weighted by Gasteiger charge is 2.51. The van der Waals surface area contributed by atoms with Crippen LogP contribution in [0.4, 0.5) is 5.69 Å². The quantitative estimate of drug-likeness (QED) is 0.110. The maximum absolute atomic E-state index is 13.2. The Hall–Kier alpha value is -4.27. The molecule has 8 nitrogen and oxygen atoms in total. The number of rotatable bonds is 7. The van der Waals surface area contributed by atoms with Gasteiger partial charge in [-0.1, -0.05) is 54.4 Å². The molecule has 0 bridgehead atoms. The molecule has 3 unspecified atom stereocenters. The number of fused-ring (bicyclic) bond motifs is 1. The molecule has 3 aromatic carbocycles. The molecule has 1 heterocycles. The van der Waals surface area contributed by atoms with Gasteiger partial charge in [-0.25, -0.2) is 14.5 Å². The molecule has 2 aliphatic rings. The minimum atomic E-state index is -0.845. The number of hydrogen-bond acceptors (Lipinski definition) is 7. The van der Waals surface area contributed by atoms with Crippen molar-refractivity contribution in [1.82, 2.24) is 0 Å². The van der Waals surface area contributed by atoms with Gasteiger partial charge < -0.3 is 9.47 Å². The summed E-state index contributed by atoms with van der Waals surface area (Å²) in [7, 11) is 0. The number of ketones is 1. The van der Waals surface area contributed by atoms with Crippen LogP contribution in [0.2, 0.25) is 10.0 Å². The molecule has 0 radical (unpaired) electrons. The molecule has 208 valence electrons. The number of carbonyl (C=O) groups is 5. The predicted octanol–water partition coefficient (Wildman–Crippen LogP) is 5.95. The topological polar surface area (TPSA) is 107 Å². The number of carbonyl (C=O) groups excluding carboxylic acids is 5. The van der Waals surface area contributed by atoms with Crippen LogP contribution in [-0.4, -0.2) is 36.1 Å². The van der Waals surface area contributed by atoms with E-state index in [2.05, 4.69) is 0 Å². The van der Waals surface area contributed by atoms with Crippen molar-refractivity contribution in [3.63, 3.8) is 0 Å². The van der Waals surface area contributed by atoms with E-state index in [1.165, 1.54) is 54.6 Å². The number of para-hydroxylation sites is 1. The molecule has 3 atom stereocenters. The van der Waals surface area contributed by atoms with Crippen LogP contribution in [0.1, 0.15) is 44.4 Å². The molecule has 0 saturated carbocycles. The summed E-state index contributed by atoms with van der Waals surface area (Å²) in [4.78, 5) is 65.5. The van der Waals surface area contributed by atoms with Gasteiger partial charge in [-0.15, -0.1) is 0 Å². The number of hydrogen-bond donors (Lipinski definition) is 0. The molecule has 10 heteroatoms. The highest BCUT2D eigenvalue weighted by atomic mass is 35.5. The van der Waals surface area contributed by atoms with Crippen LogP contribution in [-0.2, 0) is 14.3 Å². The van der Waals surface area contributed by atoms with Crippen LogP contribution in [0.15, 0.2) is 78.9 Å². The number of nitrogens with zero attached hydrogens (tertiary/aromatic N) is 1. The molecule has 0 aromatic heterocycles. The van der Waals surface area contributed by atoms with E-state index in [1.807, 2.05) is 19.1 Å². The molecule has 0 N–H and O–H groups in total. The van der Waals surface area contributed by atoms with E-state index in [0.29, 0.717) is 11.4 Å². The van der Waals surface area contributed by atoms with Gasteiger partial charge >= 0.3 is 11.9 Å². The fraction of sp³-hybridized carbons (Fsp3) is 0.194. The molecular weight excluding hydrogens is 569 g/mol. The molecule has 0 spiro atoms. The SMILES string of the molecule is CC1C=CCC2C(=O)N(c3ccccc3C(=O)OCC(=O)c3ccc(OC(=O)c4ccc(Cl)c(Cl)c4)cc3)C(=O)C12. The first-order valence-corrected chi connectivity index (χ1v) is 13.5. The Morgan fingerprint density at radius 1 is 0.878 bits per heavy atom. The number of Topliss-reactive ketones (excluding diaryl/α,β-unsaturated/α-hetero) is 1. The van der Waals surface area contributed by atoms with Crippen LogP contribution >= 0.6 is 23.2 Å². The maximum atomic E-state index is 13.2. The Morgan fingerprint density at radius 2 is 1.59 bits per heavy atom. The third-order valence-electron chi connectivity index (χ3n) is 7.11. The van der Waals surface area contributed by atoms with E-state index >= 15 is 0 Å². The van der Waals surface area contributed by atoms with Crippen molar-refractivity contribution >= 4 is 58.4 Å². The van der Waals surface area contributed by atoms with E-state index in [1.54, 1.807) is 12.1 Å². The Balaban J connectivity index is 1.23. The summed E-state index contributed by atoms with van der Waals surface area (Å²) < 4.78 is 10.6. The van der Waals surface area contributed by atoms with Crippen molar-refractivity contribution in [2.75, 3.05) is 11.5 Å². The Bertz CT molecular complexity index is 1600. The third kappa shape index (κ3) is 5.66. The molecule has 41 heavy (non-hydrogen) atoms. The van der Waals surface area contributed by atoms with Crippen LogP contribution in [0.3, 0.4) is 0 Å². The highest BCUT2D eigenvalue weighted by molar-refractivity contribution is 6.42. The van der Waals surface area contributed by atoms with E-state index in [-0.39, 0.29) is 50.9 Å². The lowest BCUT2D eigenvalue weighted by Gasteiger charge is -2.22. The number of ether oxygens (including phenoxy) is 2. The summed E-state index contributed by atoms with van der Waals surface area (Å²) in [6.07, 6.45) is 4.29. The fourth-order valence-corrected chi connectivity index (χ4v) is 5.31. The lowest BCUT2D eigenvalue weighted by Crippen LogP contribution is -2.33. The fourth-order valence-electron chi connectivity index (χ4n) is 5.02. The summed E-state index contributed by atoms with van der Waals surface area (Å²) >= 11 is 11.8. The molecule has 5 rings (SSSR count).